The minimum Gasteiger partial charge on any atom is -0.306 e. The number of fused-ring (bicyclic) bond motifs is 27. The summed E-state index contributed by atoms with van der Waals surface area (Å²) in [5.41, 5.74) is 37.7. The fourth-order valence-electron chi connectivity index (χ4n) is 22.8. The second-order valence-corrected chi connectivity index (χ2v) is 39.8. The second kappa shape index (κ2) is 31.9. The Morgan fingerprint density at radius 2 is 0.535 bits per heavy atom. The highest BCUT2D eigenvalue weighted by atomic mass is 32.2. The molecule has 3 aliphatic heterocycles. The first-order valence-electron chi connectivity index (χ1n) is 47.9. The van der Waals surface area contributed by atoms with Crippen LogP contribution in [0.25, 0.3) is 182 Å². The lowest BCUT2D eigenvalue weighted by atomic mass is 9.89. The van der Waals surface area contributed by atoms with Crippen LogP contribution in [0, 0.1) is 0 Å². The molecule has 1 unspecified atom stereocenters. The molecule has 12 aromatic heterocycles. The molecular formula is C127H76N12S3. The van der Waals surface area contributed by atoms with Gasteiger partial charge in [-0.3, -0.25) is 14.7 Å². The van der Waals surface area contributed by atoms with Gasteiger partial charge in [0.25, 0.3) is 0 Å². The molecular weight excluding hydrogens is 1790 g/mol. The summed E-state index contributed by atoms with van der Waals surface area (Å²) in [5, 5.41) is 10.7. The Morgan fingerprint density at radius 3 is 1.03 bits per heavy atom. The lowest BCUT2D eigenvalue weighted by molar-refractivity contribution is 1.02. The highest BCUT2D eigenvalue weighted by molar-refractivity contribution is 8.00. The van der Waals surface area contributed by atoms with Gasteiger partial charge in [0.05, 0.1) is 132 Å². The third-order valence-corrected chi connectivity index (χ3v) is 32.3. The van der Waals surface area contributed by atoms with Crippen molar-refractivity contribution in [3.63, 3.8) is 0 Å². The fourth-order valence-corrected chi connectivity index (χ4v) is 26.4. The Bertz CT molecular complexity index is 10000. The Morgan fingerprint density at radius 1 is 0.197 bits per heavy atom. The summed E-state index contributed by atoms with van der Waals surface area (Å²) in [6.07, 6.45) is 0. The van der Waals surface area contributed by atoms with Gasteiger partial charge < -0.3 is 13.2 Å². The molecule has 0 saturated heterocycles. The summed E-state index contributed by atoms with van der Waals surface area (Å²) < 4.78 is 7.29. The maximum atomic E-state index is 5.48. The van der Waals surface area contributed by atoms with Crippen LogP contribution in [0.15, 0.2) is 484 Å². The molecule has 32 rings (SSSR count). The summed E-state index contributed by atoms with van der Waals surface area (Å²) in [6, 6.07) is 162. The quantitative estimate of drug-likeness (QED) is 0.138. The third-order valence-electron chi connectivity index (χ3n) is 28.9. The highest BCUT2D eigenvalue weighted by Gasteiger charge is 2.40. The van der Waals surface area contributed by atoms with Crippen molar-refractivity contribution >= 4 is 202 Å². The number of nitrogens with zero attached hydrogens (tertiary/aromatic N) is 12. The van der Waals surface area contributed by atoms with Gasteiger partial charge in [-0.25, -0.2) is 29.9 Å². The van der Waals surface area contributed by atoms with Crippen molar-refractivity contribution in [2.24, 2.45) is 0 Å². The van der Waals surface area contributed by atoms with Crippen LogP contribution < -0.4 is 14.7 Å². The lowest BCUT2D eigenvalue weighted by Crippen LogP contribution is -2.17. The van der Waals surface area contributed by atoms with Gasteiger partial charge in [0, 0.05) is 85.8 Å². The topological polar surface area (TPSA) is 100 Å². The largest absolute Gasteiger partial charge is 0.306 e. The molecule has 662 valence electrons. The van der Waals surface area contributed by atoms with Gasteiger partial charge >= 0.3 is 0 Å². The van der Waals surface area contributed by atoms with Crippen molar-refractivity contribution in [3.05, 3.63) is 472 Å². The number of para-hydroxylation sites is 4. The van der Waals surface area contributed by atoms with Crippen LogP contribution in [0.2, 0.25) is 0 Å². The average molecular weight is 1870 g/mol. The first-order chi connectivity index (χ1) is 70.5. The highest BCUT2D eigenvalue weighted by Crippen LogP contribution is 2.63. The molecule has 1 atom stereocenters. The zero-order chi connectivity index (χ0) is 92.9. The molecule has 1 aliphatic carbocycles. The lowest BCUT2D eigenvalue weighted by Gasteiger charge is -2.30. The van der Waals surface area contributed by atoms with Gasteiger partial charge in [-0.1, -0.05) is 393 Å². The van der Waals surface area contributed by atoms with E-state index >= 15 is 0 Å². The maximum absolute atomic E-state index is 5.48. The molecule has 0 bridgehead atoms. The molecule has 0 radical (unpaired) electrons. The number of anilines is 9. The zero-order valence-electron chi connectivity index (χ0n) is 76.0. The molecule has 12 nitrogen and oxygen atoms in total. The van der Waals surface area contributed by atoms with Crippen LogP contribution in [0.4, 0.5) is 52.0 Å². The summed E-state index contributed by atoms with van der Waals surface area (Å²) in [7, 11) is 0. The van der Waals surface area contributed by atoms with Gasteiger partial charge in [-0.2, -0.15) is 0 Å². The molecule has 16 aromatic carbocycles. The number of pyridine rings is 3. The minimum absolute atomic E-state index is 0.223. The third kappa shape index (κ3) is 12.2. The summed E-state index contributed by atoms with van der Waals surface area (Å²) in [4.78, 5) is 46.1. The van der Waals surface area contributed by atoms with E-state index in [0.29, 0.717) is 17.8 Å². The van der Waals surface area contributed by atoms with Crippen LogP contribution in [-0.4, -0.2) is 43.1 Å². The molecule has 0 amide bonds. The molecule has 15 heterocycles. The normalized spacial score (nSPS) is 13.4. The first-order valence-corrected chi connectivity index (χ1v) is 50.4. The SMILES string of the molecule is c1ccc(-c2ccc3c(c2)Sc2c(c4cccc5c6ccccc6c2n45)N3c2nc(-c3ccccc3)c3ccccc3n2)cc1.c1ccc(-c2nc(N3c4ccc(-c5ccc6c(c5)-c5ccccc5C6c5ccccc5)cc4Sc4c3c3c5ccccc5c5cccc4n53)nc3ccccc23)cc1.c1ccc(-c2nc(N3c4ccccc4Sc4c3c3cccc5c6ccccc6c4n35)nc3ccccc23)cc1. The van der Waals surface area contributed by atoms with Crippen molar-refractivity contribution in [1.29, 1.82) is 0 Å². The minimum atomic E-state index is 0.223. The predicted molar refractivity (Wildman–Crippen MR) is 586 cm³/mol. The molecule has 0 spiro atoms. The monoisotopic (exact) mass is 1860 g/mol. The fraction of sp³-hybridized carbons (Fsp3) is 0.00787. The van der Waals surface area contributed by atoms with Crippen LogP contribution in [0.5, 0.6) is 0 Å². The number of rotatable bonds is 9. The van der Waals surface area contributed by atoms with E-state index in [1.165, 1.54) is 150 Å². The molecule has 4 aliphatic rings. The Labute approximate surface area is 827 Å². The number of hydrogen-bond acceptors (Lipinski definition) is 12. The molecule has 0 fully saturated rings. The first kappa shape index (κ1) is 80.4. The van der Waals surface area contributed by atoms with Gasteiger partial charge in [-0.05, 0) is 147 Å². The van der Waals surface area contributed by atoms with Crippen LogP contribution in [0.3, 0.4) is 0 Å². The van der Waals surface area contributed by atoms with E-state index in [-0.39, 0.29) is 5.92 Å². The Balaban J connectivity index is 0.000000102. The van der Waals surface area contributed by atoms with E-state index < -0.39 is 0 Å². The van der Waals surface area contributed by atoms with Crippen molar-refractivity contribution in [3.8, 4) is 67.2 Å². The van der Waals surface area contributed by atoms with E-state index in [2.05, 4.69) is 465 Å². The van der Waals surface area contributed by atoms with Crippen LogP contribution in [0.1, 0.15) is 22.6 Å². The molecule has 15 heteroatoms. The van der Waals surface area contributed by atoms with Crippen molar-refractivity contribution in [2.75, 3.05) is 14.7 Å². The smallest absolute Gasteiger partial charge is 0.235 e. The summed E-state index contributed by atoms with van der Waals surface area (Å²) in [5.74, 6) is 2.23. The molecule has 28 aromatic rings. The standard InChI is InChI=1S/C53H32N4S.C40H24N4S.C34H20N4S/c1-3-14-32(15-4-1)48-38-20-9-7-18-36(38)42-30-34(26-28-39(42)48)35-27-29-45-47(31-35)58-52-46-25-13-24-44-37-19-8-10-21-40(37)50(56(44)46)51(52)57(45)53-54-43-23-12-11-22-41(43)49(55-53)33-16-5-2-6-17-33;1-3-12-25(13-4-1)27-22-23-33-35(24-27)45-39-37-29-17-8-7-16-28(29)32-20-11-21-34(43(32)37)38(39)44(33)40-41-31-19-10-9-18-30(31)36(42-40)26-14-5-2-6-15-26;1-2-11-21(12-3-1)30-24-15-6-7-16-25(24)35-34(36-30)38-27-17-8-9-20-29(27)39-33-31-23-14-5-4-13-22(23)26-18-10-19-28(32(33)38)37(26)31/h1-31,48H;1-24H;1-20H. The number of aromatic nitrogens is 9. The van der Waals surface area contributed by atoms with E-state index in [1.54, 1.807) is 0 Å². The molecule has 142 heavy (non-hydrogen) atoms. The van der Waals surface area contributed by atoms with E-state index in [0.717, 1.165) is 112 Å². The van der Waals surface area contributed by atoms with Crippen molar-refractivity contribution in [1.82, 2.24) is 43.1 Å². The van der Waals surface area contributed by atoms with Gasteiger partial charge in [0.15, 0.2) is 0 Å². The van der Waals surface area contributed by atoms with Crippen molar-refractivity contribution < 1.29 is 0 Å². The van der Waals surface area contributed by atoms with E-state index in [4.69, 9.17) is 29.9 Å². The predicted octanol–water partition coefficient (Wildman–Crippen LogP) is 34.2. The number of benzene rings is 16. The van der Waals surface area contributed by atoms with E-state index in [9.17, 15) is 0 Å². The van der Waals surface area contributed by atoms with Crippen LogP contribution in [-0.2, 0) is 0 Å². The van der Waals surface area contributed by atoms with Crippen molar-refractivity contribution in [2.45, 2.75) is 35.3 Å². The number of hydrogen-bond donors (Lipinski definition) is 0. The second-order valence-electron chi connectivity index (χ2n) is 36.6. The van der Waals surface area contributed by atoms with Gasteiger partial charge in [-0.15, -0.1) is 0 Å². The maximum Gasteiger partial charge on any atom is 0.235 e. The summed E-state index contributed by atoms with van der Waals surface area (Å²) >= 11 is 5.55. The van der Waals surface area contributed by atoms with E-state index in [1.807, 2.05) is 53.5 Å². The van der Waals surface area contributed by atoms with Gasteiger partial charge in [0.1, 0.15) is 0 Å². The Kier molecular flexibility index (Phi) is 18.1. The summed E-state index contributed by atoms with van der Waals surface area (Å²) in [6.45, 7) is 0. The average Bonchev–Trinajstić information content (AvgIpc) is 1.54. The molecule has 0 N–H and O–H groups in total. The zero-order valence-corrected chi connectivity index (χ0v) is 78.4. The molecule has 0 saturated carbocycles. The van der Waals surface area contributed by atoms with Gasteiger partial charge in [0.2, 0.25) is 17.8 Å². The van der Waals surface area contributed by atoms with Crippen LogP contribution >= 0.6 is 35.3 Å². The Hall–Kier alpha value is -17.7.